The van der Waals surface area contributed by atoms with Crippen molar-refractivity contribution in [1.82, 2.24) is 9.36 Å². The molecule has 0 saturated carbocycles. The largest absolute Gasteiger partial charge is 0.364 e. The second-order valence-corrected chi connectivity index (χ2v) is 4.16. The van der Waals surface area contributed by atoms with Gasteiger partial charge in [0.1, 0.15) is 5.69 Å². The molecule has 82 valence electrons. The second-order valence-electron chi connectivity index (χ2n) is 3.33. The summed E-state index contributed by atoms with van der Waals surface area (Å²) in [5, 5.41) is 0. The molecular weight excluding hydrogens is 222 g/mol. The van der Waals surface area contributed by atoms with Crippen LogP contribution in [0.15, 0.2) is 24.4 Å². The van der Waals surface area contributed by atoms with Gasteiger partial charge in [-0.1, -0.05) is 6.92 Å². The molecular formula is C11H11N3OS. The molecule has 1 amide bonds. The highest BCUT2D eigenvalue weighted by atomic mass is 32.1. The van der Waals surface area contributed by atoms with Crippen LogP contribution in [-0.2, 0) is 6.42 Å². The third-order valence-electron chi connectivity index (χ3n) is 2.22. The predicted octanol–water partition coefficient (Wildman–Crippen LogP) is 1.87. The Balaban J connectivity index is 2.53. The average molecular weight is 233 g/mol. The van der Waals surface area contributed by atoms with Crippen LogP contribution in [-0.4, -0.2) is 15.3 Å². The molecule has 0 bridgehead atoms. The Labute approximate surface area is 97.3 Å². The minimum atomic E-state index is -0.499. The molecule has 2 aromatic rings. The van der Waals surface area contributed by atoms with Crippen molar-refractivity contribution in [2.45, 2.75) is 13.3 Å². The third kappa shape index (κ3) is 2.09. The molecule has 0 aliphatic heterocycles. The van der Waals surface area contributed by atoms with Crippen LogP contribution in [0.3, 0.4) is 0 Å². The Morgan fingerprint density at radius 2 is 2.31 bits per heavy atom. The Kier molecular flexibility index (Phi) is 2.96. The molecule has 0 fully saturated rings. The first-order valence-corrected chi connectivity index (χ1v) is 5.70. The van der Waals surface area contributed by atoms with Crippen molar-refractivity contribution in [3.05, 3.63) is 35.8 Å². The second kappa shape index (κ2) is 4.40. The monoisotopic (exact) mass is 233 g/mol. The summed E-state index contributed by atoms with van der Waals surface area (Å²) in [7, 11) is 0. The lowest BCUT2D eigenvalue weighted by Crippen LogP contribution is -2.14. The Bertz CT molecular complexity index is 508. The summed E-state index contributed by atoms with van der Waals surface area (Å²) >= 11 is 1.39. The van der Waals surface area contributed by atoms with Gasteiger partial charge in [-0.2, -0.15) is 0 Å². The van der Waals surface area contributed by atoms with Crippen LogP contribution in [0.25, 0.3) is 10.4 Å². The van der Waals surface area contributed by atoms with Crippen LogP contribution in [0, 0.1) is 0 Å². The molecule has 16 heavy (non-hydrogen) atoms. The first-order valence-electron chi connectivity index (χ1n) is 4.92. The van der Waals surface area contributed by atoms with E-state index in [0.717, 1.165) is 22.6 Å². The van der Waals surface area contributed by atoms with Crippen LogP contribution < -0.4 is 5.73 Å². The van der Waals surface area contributed by atoms with E-state index in [-0.39, 0.29) is 0 Å². The minimum Gasteiger partial charge on any atom is -0.364 e. The van der Waals surface area contributed by atoms with E-state index in [9.17, 15) is 4.79 Å². The van der Waals surface area contributed by atoms with Gasteiger partial charge in [0.05, 0.1) is 4.88 Å². The molecule has 2 heterocycles. The van der Waals surface area contributed by atoms with E-state index in [4.69, 9.17) is 5.73 Å². The first-order chi connectivity index (χ1) is 7.70. The number of nitrogens with two attached hydrogens (primary N) is 1. The van der Waals surface area contributed by atoms with Gasteiger partial charge in [-0.25, -0.2) is 9.36 Å². The highest BCUT2D eigenvalue weighted by Gasteiger charge is 2.08. The molecule has 0 spiro atoms. The van der Waals surface area contributed by atoms with E-state index in [0.29, 0.717) is 5.69 Å². The Morgan fingerprint density at radius 1 is 1.50 bits per heavy atom. The van der Waals surface area contributed by atoms with Crippen LogP contribution >= 0.6 is 11.5 Å². The average Bonchev–Trinajstić information content (AvgIpc) is 2.81. The van der Waals surface area contributed by atoms with Gasteiger partial charge >= 0.3 is 0 Å². The number of nitrogens with zero attached hydrogens (tertiary/aromatic N) is 2. The van der Waals surface area contributed by atoms with Crippen molar-refractivity contribution in [2.75, 3.05) is 0 Å². The van der Waals surface area contributed by atoms with E-state index in [2.05, 4.69) is 9.36 Å². The number of hydrogen-bond acceptors (Lipinski definition) is 4. The molecule has 2 rings (SSSR count). The molecule has 0 unspecified atom stereocenters. The summed E-state index contributed by atoms with van der Waals surface area (Å²) in [6, 6.07) is 5.57. The zero-order valence-electron chi connectivity index (χ0n) is 8.80. The first kappa shape index (κ1) is 10.8. The van der Waals surface area contributed by atoms with Crippen LogP contribution in [0.2, 0.25) is 0 Å². The Hall–Kier alpha value is -1.75. The fourth-order valence-corrected chi connectivity index (χ4v) is 1.98. The quantitative estimate of drug-likeness (QED) is 0.879. The summed E-state index contributed by atoms with van der Waals surface area (Å²) in [5.41, 5.74) is 7.36. The van der Waals surface area contributed by atoms with E-state index in [1.54, 1.807) is 12.3 Å². The number of aryl methyl sites for hydroxylation is 1. The lowest BCUT2D eigenvalue weighted by atomic mass is 10.1. The lowest BCUT2D eigenvalue weighted by molar-refractivity contribution is 0.0995. The van der Waals surface area contributed by atoms with Crippen LogP contribution in [0.1, 0.15) is 23.1 Å². The van der Waals surface area contributed by atoms with Crippen LogP contribution in [0.5, 0.6) is 0 Å². The van der Waals surface area contributed by atoms with E-state index < -0.39 is 5.91 Å². The van der Waals surface area contributed by atoms with Crippen molar-refractivity contribution in [1.29, 1.82) is 0 Å². The number of aromatic nitrogens is 2. The summed E-state index contributed by atoms with van der Waals surface area (Å²) in [6.07, 6.45) is 2.50. The number of hydrogen-bond donors (Lipinski definition) is 1. The number of rotatable bonds is 3. The topological polar surface area (TPSA) is 68.9 Å². The maximum atomic E-state index is 11.1. The summed E-state index contributed by atoms with van der Waals surface area (Å²) in [4.78, 5) is 16.3. The summed E-state index contributed by atoms with van der Waals surface area (Å²) < 4.78 is 4.03. The lowest BCUT2D eigenvalue weighted by Gasteiger charge is -2.03. The molecule has 2 N–H and O–H groups in total. The van der Waals surface area contributed by atoms with Gasteiger partial charge in [0.15, 0.2) is 0 Å². The molecule has 0 radical (unpaired) electrons. The van der Waals surface area contributed by atoms with Gasteiger partial charge in [0.25, 0.3) is 5.91 Å². The number of carbonyl (C=O) groups excluding carboxylic acids is 1. The predicted molar refractivity (Wildman–Crippen MR) is 63.2 cm³/mol. The van der Waals surface area contributed by atoms with E-state index >= 15 is 0 Å². The molecule has 0 aliphatic rings. The van der Waals surface area contributed by atoms with E-state index in [1.165, 1.54) is 11.5 Å². The highest BCUT2D eigenvalue weighted by Crippen LogP contribution is 2.24. The van der Waals surface area contributed by atoms with Crippen molar-refractivity contribution < 1.29 is 4.79 Å². The van der Waals surface area contributed by atoms with Crippen molar-refractivity contribution in [3.63, 3.8) is 0 Å². The molecule has 0 saturated heterocycles. The smallest absolute Gasteiger partial charge is 0.267 e. The highest BCUT2D eigenvalue weighted by molar-refractivity contribution is 7.09. The maximum Gasteiger partial charge on any atom is 0.267 e. The number of primary amides is 1. The standard InChI is InChI=1S/C11H11N3OS/c1-2-8-5-7(10-3-4-13-16-10)6-9(14-8)11(12)15/h3-6H,2H2,1H3,(H2,12,15). The Morgan fingerprint density at radius 3 is 2.88 bits per heavy atom. The zero-order chi connectivity index (χ0) is 11.5. The minimum absolute atomic E-state index is 0.308. The normalized spacial score (nSPS) is 10.3. The molecule has 5 heteroatoms. The van der Waals surface area contributed by atoms with E-state index in [1.807, 2.05) is 19.1 Å². The van der Waals surface area contributed by atoms with Gasteiger partial charge in [-0.3, -0.25) is 4.79 Å². The number of carbonyl (C=O) groups is 1. The van der Waals surface area contributed by atoms with Gasteiger partial charge < -0.3 is 5.73 Å². The number of amides is 1. The molecule has 2 aromatic heterocycles. The van der Waals surface area contributed by atoms with Crippen molar-refractivity contribution in [2.24, 2.45) is 5.73 Å². The fraction of sp³-hybridized carbons (Fsp3) is 0.182. The summed E-state index contributed by atoms with van der Waals surface area (Å²) in [5.74, 6) is -0.499. The molecule has 0 atom stereocenters. The fourth-order valence-electron chi connectivity index (χ4n) is 1.40. The maximum absolute atomic E-state index is 11.1. The molecule has 0 aliphatic carbocycles. The third-order valence-corrected chi connectivity index (χ3v) is 3.01. The SMILES string of the molecule is CCc1cc(-c2ccns2)cc(C(N)=O)n1. The van der Waals surface area contributed by atoms with Gasteiger partial charge in [-0.15, -0.1) is 0 Å². The van der Waals surface area contributed by atoms with Gasteiger partial charge in [0.2, 0.25) is 0 Å². The molecule has 0 aromatic carbocycles. The van der Waals surface area contributed by atoms with Crippen molar-refractivity contribution in [3.8, 4) is 10.4 Å². The zero-order valence-corrected chi connectivity index (χ0v) is 9.62. The van der Waals surface area contributed by atoms with Crippen LogP contribution in [0.4, 0.5) is 0 Å². The van der Waals surface area contributed by atoms with Crippen molar-refractivity contribution >= 4 is 17.4 Å². The van der Waals surface area contributed by atoms with Gasteiger partial charge in [-0.05, 0) is 41.7 Å². The summed E-state index contributed by atoms with van der Waals surface area (Å²) in [6.45, 7) is 1.99. The van der Waals surface area contributed by atoms with Gasteiger partial charge in [0, 0.05) is 11.9 Å². The number of pyridine rings is 1. The molecule has 4 nitrogen and oxygen atoms in total.